The molecule has 0 spiro atoms. The van der Waals surface area contributed by atoms with E-state index in [2.05, 4.69) is 83.1 Å². The fraction of sp³-hybridized carbons (Fsp3) is 0.375. The molecular formula is C32H36. The normalized spacial score (nSPS) is 12.4. The fourth-order valence-corrected chi connectivity index (χ4v) is 6.84. The molecule has 0 bridgehead atoms. The standard InChI is InChI=1S/C32H36/c1-13-14(2)19(7)29-27(16(13)4)24(12)28-21(9)20(8)25-17(5)15(3)18(6)26-22(10)23(11)30(29)32(28)31(25)26/h1-12H3. The first-order valence-corrected chi connectivity index (χ1v) is 12.0. The molecule has 0 aliphatic rings. The van der Waals surface area contributed by atoms with Gasteiger partial charge in [0.25, 0.3) is 0 Å². The number of benzene rings is 5. The van der Waals surface area contributed by atoms with Crippen LogP contribution in [0.2, 0.25) is 0 Å². The Kier molecular flexibility index (Phi) is 4.30. The molecule has 0 saturated carbocycles. The van der Waals surface area contributed by atoms with E-state index in [1.165, 1.54) is 110 Å². The Labute approximate surface area is 193 Å². The van der Waals surface area contributed by atoms with Gasteiger partial charge in [0.05, 0.1) is 0 Å². The van der Waals surface area contributed by atoms with Gasteiger partial charge in [0.15, 0.2) is 0 Å². The molecule has 0 heterocycles. The third-order valence-electron chi connectivity index (χ3n) is 9.44. The van der Waals surface area contributed by atoms with Gasteiger partial charge in [0.2, 0.25) is 0 Å². The van der Waals surface area contributed by atoms with Crippen LogP contribution in [0.15, 0.2) is 0 Å². The Morgan fingerprint density at radius 2 is 0.344 bits per heavy atom. The van der Waals surface area contributed by atoms with Gasteiger partial charge in [-0.3, -0.25) is 0 Å². The van der Waals surface area contributed by atoms with Crippen molar-refractivity contribution in [1.29, 1.82) is 0 Å². The lowest BCUT2D eigenvalue weighted by atomic mass is 9.76. The summed E-state index contributed by atoms with van der Waals surface area (Å²) in [5.74, 6) is 0. The molecule has 0 saturated heterocycles. The molecule has 5 aromatic carbocycles. The first-order valence-electron chi connectivity index (χ1n) is 12.0. The monoisotopic (exact) mass is 420 g/mol. The van der Waals surface area contributed by atoms with E-state index in [1.807, 2.05) is 0 Å². The second-order valence-corrected chi connectivity index (χ2v) is 10.5. The lowest BCUT2D eigenvalue weighted by molar-refractivity contribution is 1.25. The fourth-order valence-electron chi connectivity index (χ4n) is 6.84. The third-order valence-corrected chi connectivity index (χ3v) is 9.44. The van der Waals surface area contributed by atoms with Crippen molar-refractivity contribution in [2.45, 2.75) is 83.1 Å². The topological polar surface area (TPSA) is 0 Å². The molecule has 0 aliphatic carbocycles. The summed E-state index contributed by atoms with van der Waals surface area (Å²) in [6.07, 6.45) is 0. The summed E-state index contributed by atoms with van der Waals surface area (Å²) in [4.78, 5) is 0. The van der Waals surface area contributed by atoms with Crippen molar-refractivity contribution in [3.05, 3.63) is 66.8 Å². The average Bonchev–Trinajstić information content (AvgIpc) is 2.75. The molecule has 0 unspecified atom stereocenters. The summed E-state index contributed by atoms with van der Waals surface area (Å²) in [6.45, 7) is 28.0. The van der Waals surface area contributed by atoms with Crippen LogP contribution in [0.5, 0.6) is 0 Å². The predicted molar refractivity (Wildman–Crippen MR) is 144 cm³/mol. The van der Waals surface area contributed by atoms with Crippen LogP contribution in [0.3, 0.4) is 0 Å². The highest BCUT2D eigenvalue weighted by molar-refractivity contribution is 6.34. The molecule has 0 aliphatic heterocycles. The van der Waals surface area contributed by atoms with E-state index in [9.17, 15) is 0 Å². The van der Waals surface area contributed by atoms with Gasteiger partial charge in [-0.05, 0) is 193 Å². The Morgan fingerprint density at radius 3 is 0.781 bits per heavy atom. The smallest absolute Gasteiger partial charge is 0.00116 e. The van der Waals surface area contributed by atoms with Crippen LogP contribution in [-0.4, -0.2) is 0 Å². The van der Waals surface area contributed by atoms with Gasteiger partial charge in [-0.15, -0.1) is 0 Å². The molecule has 5 rings (SSSR count). The number of aryl methyl sites for hydroxylation is 9. The quantitative estimate of drug-likeness (QED) is 0.173. The maximum Gasteiger partial charge on any atom is -0.00116 e. The SMILES string of the molecule is Cc1c(C)c(C)c2c(c1C)c(C)c1c(C)c(C)c3c(C)c(C)c(C)c4c(C)c(C)c2c1c34. The van der Waals surface area contributed by atoms with Crippen molar-refractivity contribution in [1.82, 2.24) is 0 Å². The van der Waals surface area contributed by atoms with Gasteiger partial charge in [0, 0.05) is 0 Å². The zero-order valence-corrected chi connectivity index (χ0v) is 22.0. The average molecular weight is 421 g/mol. The van der Waals surface area contributed by atoms with Crippen molar-refractivity contribution in [2.24, 2.45) is 0 Å². The zero-order chi connectivity index (χ0) is 23.5. The summed E-state index contributed by atoms with van der Waals surface area (Å²) >= 11 is 0. The molecule has 0 amide bonds. The molecule has 0 N–H and O–H groups in total. The van der Waals surface area contributed by atoms with Gasteiger partial charge >= 0.3 is 0 Å². The van der Waals surface area contributed by atoms with E-state index in [0.717, 1.165) is 0 Å². The molecular weight excluding hydrogens is 384 g/mol. The summed E-state index contributed by atoms with van der Waals surface area (Å²) in [5.41, 5.74) is 17.4. The van der Waals surface area contributed by atoms with Crippen LogP contribution >= 0.6 is 0 Å². The first kappa shape index (κ1) is 21.3. The van der Waals surface area contributed by atoms with Crippen LogP contribution in [0.1, 0.15) is 66.8 Å². The van der Waals surface area contributed by atoms with Gasteiger partial charge in [-0.1, -0.05) is 0 Å². The van der Waals surface area contributed by atoms with Crippen molar-refractivity contribution in [3.63, 3.8) is 0 Å². The minimum absolute atomic E-state index is 1.44. The van der Waals surface area contributed by atoms with Crippen molar-refractivity contribution in [3.8, 4) is 0 Å². The maximum atomic E-state index is 2.37. The molecule has 0 radical (unpaired) electrons. The highest BCUT2D eigenvalue weighted by Crippen LogP contribution is 2.50. The molecule has 32 heavy (non-hydrogen) atoms. The van der Waals surface area contributed by atoms with Gasteiger partial charge in [0.1, 0.15) is 0 Å². The third kappa shape index (κ3) is 2.19. The van der Waals surface area contributed by atoms with E-state index < -0.39 is 0 Å². The van der Waals surface area contributed by atoms with E-state index in [1.54, 1.807) is 0 Å². The summed E-state index contributed by atoms with van der Waals surface area (Å²) in [6, 6.07) is 0. The second-order valence-electron chi connectivity index (χ2n) is 10.5. The molecule has 5 aromatic rings. The van der Waals surface area contributed by atoms with Crippen molar-refractivity contribution in [2.75, 3.05) is 0 Å². The molecule has 0 fully saturated rings. The number of hydrogen-bond donors (Lipinski definition) is 0. The predicted octanol–water partition coefficient (Wildman–Crippen LogP) is 9.44. The molecule has 0 heteroatoms. The van der Waals surface area contributed by atoms with E-state index in [0.29, 0.717) is 0 Å². The van der Waals surface area contributed by atoms with Crippen molar-refractivity contribution >= 4 is 43.1 Å². The van der Waals surface area contributed by atoms with Gasteiger partial charge in [-0.2, -0.15) is 0 Å². The number of hydrogen-bond acceptors (Lipinski definition) is 0. The van der Waals surface area contributed by atoms with Crippen LogP contribution in [0, 0.1) is 83.1 Å². The maximum absolute atomic E-state index is 2.37. The van der Waals surface area contributed by atoms with Crippen LogP contribution in [-0.2, 0) is 0 Å². The summed E-state index contributed by atoms with van der Waals surface area (Å²) < 4.78 is 0. The minimum Gasteiger partial charge on any atom is -0.0444 e. The first-order chi connectivity index (χ1) is 14.9. The number of rotatable bonds is 0. The highest BCUT2D eigenvalue weighted by Gasteiger charge is 2.26. The van der Waals surface area contributed by atoms with E-state index in [-0.39, 0.29) is 0 Å². The zero-order valence-electron chi connectivity index (χ0n) is 22.0. The highest BCUT2D eigenvalue weighted by atomic mass is 14.3. The van der Waals surface area contributed by atoms with E-state index >= 15 is 0 Å². The molecule has 164 valence electrons. The van der Waals surface area contributed by atoms with E-state index in [4.69, 9.17) is 0 Å². The van der Waals surface area contributed by atoms with Crippen LogP contribution in [0.4, 0.5) is 0 Å². The molecule has 0 aromatic heterocycles. The number of fused-ring (bicyclic) bond motifs is 2. The van der Waals surface area contributed by atoms with Crippen LogP contribution < -0.4 is 0 Å². The minimum atomic E-state index is 1.44. The summed E-state index contributed by atoms with van der Waals surface area (Å²) in [5, 5.41) is 11.9. The summed E-state index contributed by atoms with van der Waals surface area (Å²) in [7, 11) is 0. The molecule has 0 atom stereocenters. The lowest BCUT2D eigenvalue weighted by Crippen LogP contribution is -2.05. The molecule has 0 nitrogen and oxygen atoms in total. The largest absolute Gasteiger partial charge is 0.0444 e. The van der Waals surface area contributed by atoms with Crippen LogP contribution in [0.25, 0.3) is 43.1 Å². The Balaban J connectivity index is 2.38. The van der Waals surface area contributed by atoms with Gasteiger partial charge in [-0.25, -0.2) is 0 Å². The lowest BCUT2D eigenvalue weighted by Gasteiger charge is -2.28. The second kappa shape index (κ2) is 6.47. The van der Waals surface area contributed by atoms with Crippen molar-refractivity contribution < 1.29 is 0 Å². The van der Waals surface area contributed by atoms with Gasteiger partial charge < -0.3 is 0 Å². The Bertz CT molecular complexity index is 1630. The Hall–Kier alpha value is -2.60. The Morgan fingerprint density at radius 1 is 0.156 bits per heavy atom.